The molecule has 16 heavy (non-hydrogen) atoms. The molecule has 1 fully saturated rings. The molecule has 1 amide bonds. The Morgan fingerprint density at radius 2 is 2.19 bits per heavy atom. The average molecular weight is 227 g/mol. The average Bonchev–Trinajstić information content (AvgIpc) is 3.09. The Bertz CT molecular complexity index is 216. The van der Waals surface area contributed by atoms with Crippen molar-refractivity contribution in [3.63, 3.8) is 0 Å². The number of hydrogen-bond acceptors (Lipinski definition) is 3. The van der Waals surface area contributed by atoms with E-state index in [4.69, 9.17) is 0 Å². The molecular formula is C12H25N3O. The van der Waals surface area contributed by atoms with Gasteiger partial charge >= 0.3 is 0 Å². The summed E-state index contributed by atoms with van der Waals surface area (Å²) < 4.78 is 0. The van der Waals surface area contributed by atoms with Gasteiger partial charge in [0.15, 0.2) is 0 Å². The number of likely N-dealkylation sites (N-methyl/N-ethyl adjacent to an activating group) is 1. The molecule has 4 heteroatoms. The van der Waals surface area contributed by atoms with E-state index in [9.17, 15) is 4.79 Å². The number of carbonyl (C=O) groups excluding carboxylic acids is 1. The third kappa shape index (κ3) is 4.94. The minimum atomic E-state index is 0.101. The lowest BCUT2D eigenvalue weighted by atomic mass is 10.3. The zero-order chi connectivity index (χ0) is 12.0. The normalized spacial score (nSPS) is 17.5. The molecule has 94 valence electrons. The molecule has 4 nitrogen and oxygen atoms in total. The smallest absolute Gasteiger partial charge is 0.234 e. The molecule has 0 heterocycles. The fourth-order valence-corrected chi connectivity index (χ4v) is 1.69. The minimum absolute atomic E-state index is 0.101. The summed E-state index contributed by atoms with van der Waals surface area (Å²) in [4.78, 5) is 13.8. The van der Waals surface area contributed by atoms with Crippen molar-refractivity contribution in [3.8, 4) is 0 Å². The zero-order valence-electron chi connectivity index (χ0n) is 10.8. The van der Waals surface area contributed by atoms with Crippen molar-refractivity contribution in [2.75, 3.05) is 26.7 Å². The molecule has 0 aliphatic heterocycles. The lowest BCUT2D eigenvalue weighted by Gasteiger charge is -2.24. The second kappa shape index (κ2) is 6.86. The second-order valence-corrected chi connectivity index (χ2v) is 4.73. The van der Waals surface area contributed by atoms with Crippen LogP contribution >= 0.6 is 0 Å². The van der Waals surface area contributed by atoms with Crippen LogP contribution in [-0.2, 0) is 4.79 Å². The second-order valence-electron chi connectivity index (χ2n) is 4.73. The van der Waals surface area contributed by atoms with E-state index in [-0.39, 0.29) is 5.91 Å². The van der Waals surface area contributed by atoms with Gasteiger partial charge in [-0.05, 0) is 39.8 Å². The fourth-order valence-electron chi connectivity index (χ4n) is 1.69. The van der Waals surface area contributed by atoms with Crippen molar-refractivity contribution in [1.29, 1.82) is 0 Å². The molecule has 1 rings (SSSR count). The van der Waals surface area contributed by atoms with Crippen LogP contribution in [0.2, 0.25) is 0 Å². The van der Waals surface area contributed by atoms with Gasteiger partial charge in [0.25, 0.3) is 0 Å². The Balaban J connectivity index is 2.05. The Morgan fingerprint density at radius 1 is 1.50 bits per heavy atom. The summed E-state index contributed by atoms with van der Waals surface area (Å²) in [6.07, 6.45) is 3.69. The highest BCUT2D eigenvalue weighted by atomic mass is 16.1. The highest BCUT2D eigenvalue weighted by Crippen LogP contribution is 2.26. The molecule has 0 radical (unpaired) electrons. The van der Waals surface area contributed by atoms with Crippen LogP contribution in [0.3, 0.4) is 0 Å². The first kappa shape index (κ1) is 13.5. The molecule has 0 aromatic heterocycles. The van der Waals surface area contributed by atoms with Gasteiger partial charge in [0.2, 0.25) is 5.91 Å². The third-order valence-corrected chi connectivity index (χ3v) is 3.13. The Labute approximate surface area is 98.8 Å². The number of nitrogens with one attached hydrogen (secondary N) is 2. The number of hydrogen-bond donors (Lipinski definition) is 2. The van der Waals surface area contributed by atoms with Crippen LogP contribution in [-0.4, -0.2) is 49.6 Å². The SMILES string of the molecule is CCCNCC(=O)NCC(C)N(C)C1CC1. The van der Waals surface area contributed by atoms with Gasteiger partial charge in [0.05, 0.1) is 6.54 Å². The summed E-state index contributed by atoms with van der Waals surface area (Å²) in [5.74, 6) is 0.101. The molecule has 1 saturated carbocycles. The van der Waals surface area contributed by atoms with E-state index in [1.54, 1.807) is 0 Å². The standard InChI is InChI=1S/C12H25N3O/c1-4-7-13-9-12(16)14-8-10(2)15(3)11-5-6-11/h10-11,13H,4-9H2,1-3H3,(H,14,16). The van der Waals surface area contributed by atoms with Crippen molar-refractivity contribution >= 4 is 5.91 Å². The van der Waals surface area contributed by atoms with Crippen LogP contribution < -0.4 is 10.6 Å². The molecule has 1 unspecified atom stereocenters. The van der Waals surface area contributed by atoms with Gasteiger partial charge in [-0.1, -0.05) is 6.92 Å². The first-order chi connectivity index (χ1) is 7.65. The van der Waals surface area contributed by atoms with Gasteiger partial charge in [-0.15, -0.1) is 0 Å². The van der Waals surface area contributed by atoms with E-state index in [0.29, 0.717) is 12.6 Å². The zero-order valence-corrected chi connectivity index (χ0v) is 10.8. The van der Waals surface area contributed by atoms with E-state index in [1.165, 1.54) is 12.8 Å². The number of carbonyl (C=O) groups is 1. The third-order valence-electron chi connectivity index (χ3n) is 3.13. The summed E-state index contributed by atoms with van der Waals surface area (Å²) in [5, 5.41) is 6.06. The molecule has 0 spiro atoms. The lowest BCUT2D eigenvalue weighted by molar-refractivity contribution is -0.120. The van der Waals surface area contributed by atoms with Crippen LogP contribution in [0.1, 0.15) is 33.1 Å². The van der Waals surface area contributed by atoms with Crippen molar-refractivity contribution in [2.45, 2.75) is 45.2 Å². The van der Waals surface area contributed by atoms with E-state index < -0.39 is 0 Å². The van der Waals surface area contributed by atoms with Gasteiger partial charge < -0.3 is 10.6 Å². The summed E-state index contributed by atoms with van der Waals surface area (Å²) >= 11 is 0. The van der Waals surface area contributed by atoms with Gasteiger partial charge in [0.1, 0.15) is 0 Å². The quantitative estimate of drug-likeness (QED) is 0.596. The van der Waals surface area contributed by atoms with Crippen LogP contribution in [0.25, 0.3) is 0 Å². The van der Waals surface area contributed by atoms with Gasteiger partial charge in [-0.3, -0.25) is 9.69 Å². The molecule has 0 bridgehead atoms. The predicted molar refractivity (Wildman–Crippen MR) is 66.4 cm³/mol. The molecular weight excluding hydrogens is 202 g/mol. The number of amides is 1. The highest BCUT2D eigenvalue weighted by molar-refractivity contribution is 5.77. The lowest BCUT2D eigenvalue weighted by Crippen LogP contribution is -2.43. The van der Waals surface area contributed by atoms with Gasteiger partial charge in [0, 0.05) is 18.6 Å². The molecule has 0 saturated heterocycles. The monoisotopic (exact) mass is 227 g/mol. The van der Waals surface area contributed by atoms with E-state index in [0.717, 1.165) is 25.6 Å². The van der Waals surface area contributed by atoms with Crippen molar-refractivity contribution in [1.82, 2.24) is 15.5 Å². The van der Waals surface area contributed by atoms with E-state index >= 15 is 0 Å². The minimum Gasteiger partial charge on any atom is -0.353 e. The Hall–Kier alpha value is -0.610. The predicted octanol–water partition coefficient (Wildman–Crippen LogP) is 0.585. The summed E-state index contributed by atoms with van der Waals surface area (Å²) in [6, 6.07) is 1.19. The van der Waals surface area contributed by atoms with E-state index in [2.05, 4.69) is 36.4 Å². The largest absolute Gasteiger partial charge is 0.353 e. The molecule has 1 aliphatic rings. The van der Waals surface area contributed by atoms with Crippen molar-refractivity contribution < 1.29 is 4.79 Å². The first-order valence-corrected chi connectivity index (χ1v) is 6.34. The molecule has 2 N–H and O–H groups in total. The van der Waals surface area contributed by atoms with Crippen molar-refractivity contribution in [3.05, 3.63) is 0 Å². The summed E-state index contributed by atoms with van der Waals surface area (Å²) in [6.45, 7) is 6.36. The fraction of sp³-hybridized carbons (Fsp3) is 0.917. The molecule has 1 atom stereocenters. The van der Waals surface area contributed by atoms with Crippen molar-refractivity contribution in [2.24, 2.45) is 0 Å². The van der Waals surface area contributed by atoms with Gasteiger partial charge in [-0.25, -0.2) is 0 Å². The van der Waals surface area contributed by atoms with Crippen LogP contribution in [0.15, 0.2) is 0 Å². The highest BCUT2D eigenvalue weighted by Gasteiger charge is 2.28. The molecule has 0 aromatic carbocycles. The Morgan fingerprint density at radius 3 is 2.75 bits per heavy atom. The maximum atomic E-state index is 11.4. The number of rotatable bonds is 8. The van der Waals surface area contributed by atoms with Gasteiger partial charge in [-0.2, -0.15) is 0 Å². The maximum Gasteiger partial charge on any atom is 0.234 e. The molecule has 1 aliphatic carbocycles. The van der Waals surface area contributed by atoms with Crippen LogP contribution in [0, 0.1) is 0 Å². The maximum absolute atomic E-state index is 11.4. The first-order valence-electron chi connectivity index (χ1n) is 6.34. The van der Waals surface area contributed by atoms with Crippen LogP contribution in [0.4, 0.5) is 0 Å². The van der Waals surface area contributed by atoms with E-state index in [1.807, 2.05) is 0 Å². The molecule has 0 aromatic rings. The number of nitrogens with zero attached hydrogens (tertiary/aromatic N) is 1. The van der Waals surface area contributed by atoms with Crippen LogP contribution in [0.5, 0.6) is 0 Å². The Kier molecular flexibility index (Phi) is 5.77. The summed E-state index contributed by atoms with van der Waals surface area (Å²) in [5.41, 5.74) is 0. The topological polar surface area (TPSA) is 44.4 Å². The summed E-state index contributed by atoms with van der Waals surface area (Å²) in [7, 11) is 2.14.